The summed E-state index contributed by atoms with van der Waals surface area (Å²) in [5.41, 5.74) is 5.22. The van der Waals surface area contributed by atoms with Crippen LogP contribution in [0.4, 0.5) is 0 Å². The van der Waals surface area contributed by atoms with Gasteiger partial charge in [0.05, 0.1) is 0 Å². The van der Waals surface area contributed by atoms with Gasteiger partial charge in [-0.2, -0.15) is 11.3 Å². The van der Waals surface area contributed by atoms with Crippen molar-refractivity contribution < 1.29 is 0 Å². The quantitative estimate of drug-likeness (QED) is 0.615. The van der Waals surface area contributed by atoms with E-state index in [1.807, 2.05) is 24.4 Å². The number of aromatic nitrogens is 1. The Kier molecular flexibility index (Phi) is 4.04. The molecule has 0 bridgehead atoms. The lowest BCUT2D eigenvalue weighted by Gasteiger charge is -2.13. The Balaban J connectivity index is 1.94. The summed E-state index contributed by atoms with van der Waals surface area (Å²) in [6, 6.07) is 8.31. The summed E-state index contributed by atoms with van der Waals surface area (Å²) >= 11 is 1.69. The average molecular weight is 233 g/mol. The topological polar surface area (TPSA) is 50.9 Å². The molecule has 84 valence electrons. The van der Waals surface area contributed by atoms with E-state index < -0.39 is 0 Å². The summed E-state index contributed by atoms with van der Waals surface area (Å²) in [6.45, 7) is 0. The third kappa shape index (κ3) is 2.88. The zero-order valence-electron chi connectivity index (χ0n) is 8.97. The highest BCUT2D eigenvalue weighted by Gasteiger charge is 2.09. The molecule has 0 fully saturated rings. The average Bonchev–Trinajstić information content (AvgIpc) is 2.85. The molecule has 3 N–H and O–H groups in total. The van der Waals surface area contributed by atoms with Gasteiger partial charge in [-0.15, -0.1) is 0 Å². The lowest BCUT2D eigenvalue weighted by Crippen LogP contribution is -2.28. The van der Waals surface area contributed by atoms with Crippen molar-refractivity contribution in [2.75, 3.05) is 0 Å². The first-order valence-corrected chi connectivity index (χ1v) is 6.22. The van der Waals surface area contributed by atoms with Gasteiger partial charge in [0.1, 0.15) is 0 Å². The van der Waals surface area contributed by atoms with Crippen molar-refractivity contribution in [1.29, 1.82) is 0 Å². The van der Waals surface area contributed by atoms with Crippen LogP contribution < -0.4 is 11.3 Å². The van der Waals surface area contributed by atoms with Gasteiger partial charge in [-0.05, 0) is 47.4 Å². The molecule has 0 aromatic carbocycles. The Morgan fingerprint density at radius 1 is 1.38 bits per heavy atom. The molecular formula is C12H15N3S. The molecule has 2 aromatic rings. The molecule has 1 unspecified atom stereocenters. The van der Waals surface area contributed by atoms with Gasteiger partial charge in [0.25, 0.3) is 0 Å². The predicted octanol–water partition coefficient (Wildman–Crippen LogP) is 2.28. The van der Waals surface area contributed by atoms with Gasteiger partial charge < -0.3 is 0 Å². The number of aryl methyl sites for hydroxylation is 1. The number of nitrogens with two attached hydrogens (primary N) is 1. The van der Waals surface area contributed by atoms with E-state index >= 15 is 0 Å². The SMILES string of the molecule is NNC(CCc1ccccn1)c1ccsc1. The molecule has 4 heteroatoms. The molecule has 0 aliphatic heterocycles. The second kappa shape index (κ2) is 5.75. The van der Waals surface area contributed by atoms with Crippen LogP contribution in [0.15, 0.2) is 41.2 Å². The maximum atomic E-state index is 5.56. The Labute approximate surface area is 99.3 Å². The van der Waals surface area contributed by atoms with Crippen LogP contribution in [-0.4, -0.2) is 4.98 Å². The Morgan fingerprint density at radius 3 is 2.94 bits per heavy atom. The van der Waals surface area contributed by atoms with Gasteiger partial charge in [0, 0.05) is 17.9 Å². The molecule has 0 saturated carbocycles. The fourth-order valence-corrected chi connectivity index (χ4v) is 2.37. The number of thiophene rings is 1. The van der Waals surface area contributed by atoms with Crippen LogP contribution in [-0.2, 0) is 6.42 Å². The van der Waals surface area contributed by atoms with E-state index in [0.29, 0.717) is 0 Å². The standard InChI is InChI=1S/C12H15N3S/c13-15-12(10-6-8-16-9-10)5-4-11-3-1-2-7-14-11/h1-3,6-9,12,15H,4-5,13H2. The molecule has 0 saturated heterocycles. The van der Waals surface area contributed by atoms with E-state index in [0.717, 1.165) is 18.5 Å². The molecule has 0 spiro atoms. The highest BCUT2D eigenvalue weighted by molar-refractivity contribution is 7.07. The number of hydrazine groups is 1. The maximum absolute atomic E-state index is 5.56. The molecule has 0 amide bonds. The molecule has 0 aliphatic carbocycles. The summed E-state index contributed by atoms with van der Waals surface area (Å²) in [7, 11) is 0. The summed E-state index contributed by atoms with van der Waals surface area (Å²) in [5, 5.41) is 4.20. The Bertz CT molecular complexity index is 399. The van der Waals surface area contributed by atoms with E-state index in [2.05, 4.69) is 27.2 Å². The first-order chi connectivity index (χ1) is 7.90. The highest BCUT2D eigenvalue weighted by atomic mass is 32.1. The van der Waals surface area contributed by atoms with E-state index in [4.69, 9.17) is 5.84 Å². The number of nitrogens with one attached hydrogen (secondary N) is 1. The molecular weight excluding hydrogens is 218 g/mol. The second-order valence-corrected chi connectivity index (χ2v) is 4.42. The van der Waals surface area contributed by atoms with Crippen LogP contribution in [0.2, 0.25) is 0 Å². The third-order valence-electron chi connectivity index (χ3n) is 2.56. The van der Waals surface area contributed by atoms with Crippen molar-refractivity contribution in [3.05, 3.63) is 52.5 Å². The van der Waals surface area contributed by atoms with E-state index in [1.54, 1.807) is 11.3 Å². The minimum atomic E-state index is 0.216. The summed E-state index contributed by atoms with van der Waals surface area (Å²) < 4.78 is 0. The molecule has 2 aromatic heterocycles. The van der Waals surface area contributed by atoms with Crippen molar-refractivity contribution in [2.45, 2.75) is 18.9 Å². The van der Waals surface area contributed by atoms with Crippen molar-refractivity contribution in [1.82, 2.24) is 10.4 Å². The van der Waals surface area contributed by atoms with Crippen molar-refractivity contribution in [3.63, 3.8) is 0 Å². The van der Waals surface area contributed by atoms with Crippen LogP contribution in [0.25, 0.3) is 0 Å². The third-order valence-corrected chi connectivity index (χ3v) is 3.26. The summed E-state index contributed by atoms with van der Waals surface area (Å²) in [4.78, 5) is 4.30. The number of rotatable bonds is 5. The van der Waals surface area contributed by atoms with Crippen molar-refractivity contribution in [3.8, 4) is 0 Å². The lowest BCUT2D eigenvalue weighted by molar-refractivity contribution is 0.515. The molecule has 16 heavy (non-hydrogen) atoms. The fraction of sp³-hybridized carbons (Fsp3) is 0.250. The second-order valence-electron chi connectivity index (χ2n) is 3.64. The normalized spacial score (nSPS) is 12.6. The van der Waals surface area contributed by atoms with E-state index in [1.165, 1.54) is 5.56 Å². The van der Waals surface area contributed by atoms with Crippen LogP contribution in [0.1, 0.15) is 23.7 Å². The highest BCUT2D eigenvalue weighted by Crippen LogP contribution is 2.20. The molecule has 0 radical (unpaired) electrons. The monoisotopic (exact) mass is 233 g/mol. The van der Waals surface area contributed by atoms with Crippen molar-refractivity contribution >= 4 is 11.3 Å². The van der Waals surface area contributed by atoms with Gasteiger partial charge in [-0.1, -0.05) is 6.07 Å². The predicted molar refractivity (Wildman–Crippen MR) is 66.9 cm³/mol. The molecule has 1 atom stereocenters. The Hall–Kier alpha value is -1.23. The van der Waals surface area contributed by atoms with Crippen molar-refractivity contribution in [2.24, 2.45) is 5.84 Å². The van der Waals surface area contributed by atoms with Crippen LogP contribution in [0.3, 0.4) is 0 Å². The molecule has 2 rings (SSSR count). The van der Waals surface area contributed by atoms with Gasteiger partial charge in [0.2, 0.25) is 0 Å². The van der Waals surface area contributed by atoms with Gasteiger partial charge in [0.15, 0.2) is 0 Å². The van der Waals surface area contributed by atoms with E-state index in [-0.39, 0.29) is 6.04 Å². The van der Waals surface area contributed by atoms with E-state index in [9.17, 15) is 0 Å². The fourth-order valence-electron chi connectivity index (χ4n) is 1.66. The minimum Gasteiger partial charge on any atom is -0.271 e. The van der Waals surface area contributed by atoms with Crippen LogP contribution >= 0.6 is 11.3 Å². The number of nitrogens with zero attached hydrogens (tertiary/aromatic N) is 1. The maximum Gasteiger partial charge on any atom is 0.0471 e. The molecule has 0 aliphatic rings. The lowest BCUT2D eigenvalue weighted by atomic mass is 10.0. The first-order valence-electron chi connectivity index (χ1n) is 5.28. The summed E-state index contributed by atoms with van der Waals surface area (Å²) in [6.07, 6.45) is 3.72. The number of pyridine rings is 1. The number of hydrogen-bond acceptors (Lipinski definition) is 4. The number of hydrogen-bond donors (Lipinski definition) is 2. The summed E-state index contributed by atoms with van der Waals surface area (Å²) in [5.74, 6) is 5.56. The first kappa shape index (κ1) is 11.3. The van der Waals surface area contributed by atoms with Crippen LogP contribution in [0, 0.1) is 0 Å². The zero-order chi connectivity index (χ0) is 11.2. The Morgan fingerprint density at radius 2 is 2.31 bits per heavy atom. The van der Waals surface area contributed by atoms with Gasteiger partial charge >= 0.3 is 0 Å². The zero-order valence-corrected chi connectivity index (χ0v) is 9.78. The van der Waals surface area contributed by atoms with Gasteiger partial charge in [-0.25, -0.2) is 0 Å². The minimum absolute atomic E-state index is 0.216. The molecule has 3 nitrogen and oxygen atoms in total. The van der Waals surface area contributed by atoms with Crippen LogP contribution in [0.5, 0.6) is 0 Å². The van der Waals surface area contributed by atoms with Gasteiger partial charge in [-0.3, -0.25) is 16.3 Å². The largest absolute Gasteiger partial charge is 0.271 e. The molecule has 2 heterocycles. The smallest absolute Gasteiger partial charge is 0.0471 e.